The summed E-state index contributed by atoms with van der Waals surface area (Å²) in [5.41, 5.74) is 1.51. The third kappa shape index (κ3) is 10.9. The monoisotopic (exact) mass is 836 g/mol. The Morgan fingerprint density at radius 1 is 0.964 bits per heavy atom. The third-order valence-corrected chi connectivity index (χ3v) is 11.6. The van der Waals surface area contributed by atoms with E-state index in [1.54, 1.807) is 99.3 Å². The first-order valence-corrected chi connectivity index (χ1v) is 20.3. The Hall–Kier alpha value is -4.82. The molecule has 3 N–H and O–H groups in total. The molecule has 0 saturated carbocycles. The minimum atomic E-state index is -0.660. The normalized spacial score (nSPS) is 13.3. The van der Waals surface area contributed by atoms with Crippen molar-refractivity contribution in [1.29, 1.82) is 0 Å². The van der Waals surface area contributed by atoms with Crippen LogP contribution in [0.1, 0.15) is 77.8 Å². The first-order valence-electron chi connectivity index (χ1n) is 17.9. The number of thioether (sulfide) groups is 1. The fourth-order valence-corrected chi connectivity index (χ4v) is 8.28. The first-order chi connectivity index (χ1) is 26.7. The van der Waals surface area contributed by atoms with Crippen LogP contribution < -0.4 is 16.0 Å². The van der Waals surface area contributed by atoms with Crippen molar-refractivity contribution in [2.45, 2.75) is 69.8 Å². The lowest BCUT2D eigenvalue weighted by Gasteiger charge is -2.30. The van der Waals surface area contributed by atoms with Crippen molar-refractivity contribution in [2.75, 3.05) is 23.8 Å². The number of nitrogens with one attached hydrogen (secondary N) is 3. The van der Waals surface area contributed by atoms with E-state index in [2.05, 4.69) is 16.0 Å². The molecule has 0 spiro atoms. The highest BCUT2D eigenvalue weighted by Gasteiger charge is 2.33. The number of carbonyl (C=O) groups is 5. The quantitative estimate of drug-likeness (QED) is 0.0728. The van der Waals surface area contributed by atoms with Crippen LogP contribution in [0, 0.1) is 0 Å². The second kappa shape index (κ2) is 18.9. The molecule has 15 heteroatoms. The summed E-state index contributed by atoms with van der Waals surface area (Å²) in [5, 5.41) is 8.78. The topological polar surface area (TPSA) is 143 Å². The van der Waals surface area contributed by atoms with E-state index in [0.717, 1.165) is 10.4 Å². The molecule has 4 amide bonds. The third-order valence-electron chi connectivity index (χ3n) is 8.27. The van der Waals surface area contributed by atoms with Crippen molar-refractivity contribution in [3.63, 3.8) is 0 Å². The summed E-state index contributed by atoms with van der Waals surface area (Å²) in [5.74, 6) is -1.98. The smallest absolute Gasteiger partial charge is 0.410 e. The van der Waals surface area contributed by atoms with Gasteiger partial charge in [0.05, 0.1) is 34.0 Å². The zero-order valence-electron chi connectivity index (χ0n) is 31.5. The van der Waals surface area contributed by atoms with Gasteiger partial charge in [-0.2, -0.15) is 0 Å². The Bertz CT molecular complexity index is 2150. The summed E-state index contributed by atoms with van der Waals surface area (Å²) in [6.45, 7) is 9.74. The Morgan fingerprint density at radius 3 is 2.39 bits per heavy atom. The molecule has 1 atom stereocenters. The van der Waals surface area contributed by atoms with Crippen molar-refractivity contribution >= 4 is 92.8 Å². The number of carbonyl (C=O) groups excluding carboxylic acids is 5. The fourth-order valence-electron chi connectivity index (χ4n) is 5.65. The van der Waals surface area contributed by atoms with Crippen molar-refractivity contribution in [3.05, 3.63) is 116 Å². The molecule has 1 aliphatic heterocycles. The Labute approximate surface area is 344 Å². The van der Waals surface area contributed by atoms with Crippen molar-refractivity contribution in [2.24, 2.45) is 0 Å². The number of esters is 1. The van der Waals surface area contributed by atoms with E-state index in [-0.39, 0.29) is 34.8 Å². The Kier molecular flexibility index (Phi) is 14.3. The molecule has 1 aromatic heterocycles. The maximum absolute atomic E-state index is 13.8. The molecule has 294 valence electrons. The van der Waals surface area contributed by atoms with E-state index < -0.39 is 34.7 Å². The predicted octanol–water partition coefficient (Wildman–Crippen LogP) is 9.44. The number of anilines is 2. The number of rotatable bonds is 12. The summed E-state index contributed by atoms with van der Waals surface area (Å²) in [6, 6.07) is 20.4. The summed E-state index contributed by atoms with van der Waals surface area (Å²) >= 11 is 15.2. The average molecular weight is 838 g/mol. The van der Waals surface area contributed by atoms with E-state index in [9.17, 15) is 24.0 Å². The Morgan fingerprint density at radius 2 is 1.70 bits per heavy atom. The van der Waals surface area contributed by atoms with Gasteiger partial charge in [0, 0.05) is 27.6 Å². The first kappa shape index (κ1) is 42.3. The highest BCUT2D eigenvalue weighted by atomic mass is 35.5. The molecule has 0 fully saturated rings. The van der Waals surface area contributed by atoms with Crippen LogP contribution in [0.5, 0.6) is 0 Å². The molecule has 11 nitrogen and oxygen atoms in total. The number of hydrogen-bond donors (Lipinski definition) is 3. The second-order valence-electron chi connectivity index (χ2n) is 13.6. The number of halogens is 2. The van der Waals surface area contributed by atoms with Gasteiger partial charge in [0.2, 0.25) is 5.91 Å². The molecule has 0 radical (unpaired) electrons. The molecule has 1 aliphatic rings. The maximum Gasteiger partial charge on any atom is 0.410 e. The van der Waals surface area contributed by atoms with Gasteiger partial charge in [0.15, 0.2) is 0 Å². The molecule has 1 unspecified atom stereocenters. The largest absolute Gasteiger partial charge is 0.462 e. The number of nitrogens with zero attached hydrogens (tertiary/aromatic N) is 1. The van der Waals surface area contributed by atoms with Gasteiger partial charge in [-0.1, -0.05) is 66.5 Å². The van der Waals surface area contributed by atoms with Crippen LogP contribution in [-0.2, 0) is 32.0 Å². The zero-order valence-corrected chi connectivity index (χ0v) is 34.6. The number of fused-ring (bicyclic) bond motifs is 1. The minimum Gasteiger partial charge on any atom is -0.462 e. The fraction of sp³-hybridized carbons (Fsp3) is 0.293. The van der Waals surface area contributed by atoms with Crippen LogP contribution in [-0.4, -0.2) is 58.7 Å². The SMILES string of the molecule is CCOC(=O)c1c(NC(=O)C(CC)Sc2cccc(NC(=O)/C(=C\c3cccc(Cl)c3Cl)NC(=O)c3ccccc3)c2)sc2c1CCN(C(=O)OC(C)(C)C)C2. The lowest BCUT2D eigenvalue weighted by Crippen LogP contribution is -2.39. The average Bonchev–Trinajstić information content (AvgIpc) is 3.52. The lowest BCUT2D eigenvalue weighted by atomic mass is 10.0. The van der Waals surface area contributed by atoms with Crippen molar-refractivity contribution in [1.82, 2.24) is 10.2 Å². The Balaban J connectivity index is 1.33. The number of amides is 4. The summed E-state index contributed by atoms with van der Waals surface area (Å²) < 4.78 is 10.9. The van der Waals surface area contributed by atoms with Crippen LogP contribution >= 0.6 is 46.3 Å². The molecule has 5 rings (SSSR count). The van der Waals surface area contributed by atoms with E-state index in [1.165, 1.54) is 29.2 Å². The molecule has 56 heavy (non-hydrogen) atoms. The molecule has 3 aromatic carbocycles. The molecule has 0 aliphatic carbocycles. The highest BCUT2D eigenvalue weighted by Crippen LogP contribution is 2.39. The predicted molar refractivity (Wildman–Crippen MR) is 223 cm³/mol. The molecular weight excluding hydrogens is 796 g/mol. The zero-order chi connectivity index (χ0) is 40.6. The maximum atomic E-state index is 13.8. The van der Waals surface area contributed by atoms with Gasteiger partial charge in [0.25, 0.3) is 11.8 Å². The van der Waals surface area contributed by atoms with E-state index >= 15 is 0 Å². The molecule has 2 heterocycles. The minimum absolute atomic E-state index is 0.0721. The van der Waals surface area contributed by atoms with Crippen molar-refractivity contribution < 1.29 is 33.4 Å². The van der Waals surface area contributed by atoms with Gasteiger partial charge in [0.1, 0.15) is 16.3 Å². The van der Waals surface area contributed by atoms with Crippen molar-refractivity contribution in [3.8, 4) is 0 Å². The number of hydrogen-bond acceptors (Lipinski definition) is 9. The lowest BCUT2D eigenvalue weighted by molar-refractivity contribution is -0.116. The second-order valence-corrected chi connectivity index (χ2v) is 16.8. The molecule has 0 bridgehead atoms. The van der Waals surface area contributed by atoms with Crippen LogP contribution in [0.3, 0.4) is 0 Å². The van der Waals surface area contributed by atoms with E-state index in [0.29, 0.717) is 51.7 Å². The van der Waals surface area contributed by atoms with Gasteiger partial charge >= 0.3 is 12.1 Å². The summed E-state index contributed by atoms with van der Waals surface area (Å²) in [6.07, 6.45) is 1.84. The van der Waals surface area contributed by atoms with E-state index in [4.69, 9.17) is 32.7 Å². The van der Waals surface area contributed by atoms with Crippen LogP contribution in [0.4, 0.5) is 15.5 Å². The molecule has 0 saturated heterocycles. The van der Waals surface area contributed by atoms with Gasteiger partial charge in [-0.25, -0.2) is 9.59 Å². The molecular formula is C41H42Cl2N4O7S2. The number of benzene rings is 3. The highest BCUT2D eigenvalue weighted by molar-refractivity contribution is 8.00. The van der Waals surface area contributed by atoms with Crippen LogP contribution in [0.25, 0.3) is 6.08 Å². The van der Waals surface area contributed by atoms with Gasteiger partial charge in [-0.05, 0) is 94.1 Å². The van der Waals surface area contributed by atoms with Crippen LogP contribution in [0.2, 0.25) is 10.0 Å². The summed E-state index contributed by atoms with van der Waals surface area (Å²) in [7, 11) is 0. The number of thiophene rings is 1. The molecule has 4 aromatic rings. The summed E-state index contributed by atoms with van der Waals surface area (Å²) in [4.78, 5) is 69.7. The standard InChI is InChI=1S/C41H42Cl2N4O7S2/c1-6-31(37(50)46-38-33(39(51)53-7-2)28-19-20-47(23-32(28)56-38)40(52)54-41(3,4)5)55-27-17-12-16-26(22-27)44-36(49)30(21-25-15-11-18-29(42)34(25)43)45-35(48)24-13-9-8-10-14-24/h8-18,21-22,31H,6-7,19-20,23H2,1-5H3,(H,44,49)(H,45,48)(H,46,50)/b30-21+. The van der Waals surface area contributed by atoms with E-state index in [1.807, 2.05) is 13.0 Å². The number of ether oxygens (including phenoxy) is 2. The van der Waals surface area contributed by atoms with Gasteiger partial charge < -0.3 is 30.3 Å². The van der Waals surface area contributed by atoms with Crippen LogP contribution in [0.15, 0.2) is 83.4 Å². The van der Waals surface area contributed by atoms with Gasteiger partial charge in [-0.15, -0.1) is 23.1 Å². The van der Waals surface area contributed by atoms with Gasteiger partial charge in [-0.3, -0.25) is 14.4 Å².